The minimum atomic E-state index is -0.920. The number of aryl methyl sites for hydroxylation is 1. The number of urea groups is 1. The third-order valence-electron chi connectivity index (χ3n) is 6.86. The zero-order valence-electron chi connectivity index (χ0n) is 18.9. The minimum Gasteiger partial charge on any atom is -0.481 e. The Morgan fingerprint density at radius 3 is 2.61 bits per heavy atom. The molecule has 3 rings (SSSR count). The van der Waals surface area contributed by atoms with E-state index in [0.717, 1.165) is 28.5 Å². The monoisotopic (exact) mass is 446 g/mol. The third kappa shape index (κ3) is 5.62. The van der Waals surface area contributed by atoms with E-state index in [1.54, 1.807) is 0 Å². The van der Waals surface area contributed by atoms with Gasteiger partial charge < -0.3 is 15.3 Å². The Morgan fingerprint density at radius 2 is 2.00 bits per heavy atom. The van der Waals surface area contributed by atoms with Gasteiger partial charge >= 0.3 is 12.0 Å². The number of rotatable bonds is 8. The molecule has 0 spiro atoms. The number of halogens is 1. The van der Waals surface area contributed by atoms with Gasteiger partial charge in [0.1, 0.15) is 0 Å². The Labute approximate surface area is 190 Å². The van der Waals surface area contributed by atoms with Gasteiger partial charge in [-0.25, -0.2) is 4.79 Å². The number of benzene rings is 1. The van der Waals surface area contributed by atoms with Crippen molar-refractivity contribution in [2.75, 3.05) is 6.54 Å². The van der Waals surface area contributed by atoms with Crippen LogP contribution < -0.4 is 5.32 Å². The van der Waals surface area contributed by atoms with Crippen molar-refractivity contribution in [2.45, 2.75) is 77.7 Å². The number of carbonyl (C=O) groups is 2. The summed E-state index contributed by atoms with van der Waals surface area (Å²) in [6.45, 7) is 6.31. The van der Waals surface area contributed by atoms with Crippen molar-refractivity contribution >= 4 is 23.6 Å². The van der Waals surface area contributed by atoms with E-state index in [1.807, 2.05) is 19.2 Å². The second kappa shape index (κ2) is 10.1. The highest BCUT2D eigenvalue weighted by Crippen LogP contribution is 2.39. The second-order valence-corrected chi connectivity index (χ2v) is 9.89. The standard InChI is InChI=1S/C25H35ClN2O3/c1-17(2)21-16-28(14-13-23(29)30)24(31)27-25(21,3)20-12-11-19(22(26)15-20)10-9-18-7-5-4-6-8-18/h11-12,15-18H,4-10,13-14H2,1-3H3,(H,27,31)(H,29,30)/t25-/m1/s1. The van der Waals surface area contributed by atoms with Gasteiger partial charge in [0, 0.05) is 17.8 Å². The first-order chi connectivity index (χ1) is 14.7. The summed E-state index contributed by atoms with van der Waals surface area (Å²) < 4.78 is 0. The summed E-state index contributed by atoms with van der Waals surface area (Å²) in [7, 11) is 0. The highest BCUT2D eigenvalue weighted by atomic mass is 35.5. The molecule has 1 aliphatic heterocycles. The Kier molecular flexibility index (Phi) is 7.68. The Balaban J connectivity index is 1.80. The number of amides is 2. The van der Waals surface area contributed by atoms with Crippen LogP contribution in [0.25, 0.3) is 0 Å². The molecule has 1 fully saturated rings. The van der Waals surface area contributed by atoms with E-state index in [-0.39, 0.29) is 24.9 Å². The zero-order chi connectivity index (χ0) is 22.6. The van der Waals surface area contributed by atoms with Gasteiger partial charge in [0.2, 0.25) is 0 Å². The van der Waals surface area contributed by atoms with Crippen LogP contribution in [0, 0.1) is 11.8 Å². The van der Waals surface area contributed by atoms with Crippen molar-refractivity contribution in [1.29, 1.82) is 0 Å². The molecular weight excluding hydrogens is 412 g/mol. The van der Waals surface area contributed by atoms with Gasteiger partial charge in [-0.15, -0.1) is 0 Å². The molecule has 2 aliphatic rings. The number of nitrogens with one attached hydrogen (secondary N) is 1. The van der Waals surface area contributed by atoms with Crippen molar-refractivity contribution < 1.29 is 14.7 Å². The quantitative estimate of drug-likeness (QED) is 0.506. The fraction of sp³-hybridized carbons (Fsp3) is 0.600. The van der Waals surface area contributed by atoms with Crippen molar-refractivity contribution in [3.8, 4) is 0 Å². The van der Waals surface area contributed by atoms with Crippen molar-refractivity contribution in [2.24, 2.45) is 11.8 Å². The maximum atomic E-state index is 12.7. The molecule has 2 amide bonds. The number of hydrogen-bond donors (Lipinski definition) is 2. The van der Waals surface area contributed by atoms with Crippen LogP contribution in [-0.2, 0) is 16.8 Å². The second-order valence-electron chi connectivity index (χ2n) is 9.48. The molecule has 1 atom stereocenters. The summed E-state index contributed by atoms with van der Waals surface area (Å²) in [4.78, 5) is 25.1. The Bertz CT molecular complexity index is 845. The van der Waals surface area contributed by atoms with Gasteiger partial charge in [0.25, 0.3) is 0 Å². The predicted molar refractivity (Wildman–Crippen MR) is 124 cm³/mol. The lowest BCUT2D eigenvalue weighted by Gasteiger charge is -2.42. The van der Waals surface area contributed by atoms with Crippen molar-refractivity contribution in [3.05, 3.63) is 46.1 Å². The Morgan fingerprint density at radius 1 is 1.29 bits per heavy atom. The van der Waals surface area contributed by atoms with Crippen molar-refractivity contribution in [3.63, 3.8) is 0 Å². The fourth-order valence-electron chi connectivity index (χ4n) is 4.96. The number of carboxylic acid groups (broad SMARTS) is 1. The smallest absolute Gasteiger partial charge is 0.322 e. The minimum absolute atomic E-state index is 0.0898. The van der Waals surface area contributed by atoms with Crippen LogP contribution in [0.3, 0.4) is 0 Å². The number of carbonyl (C=O) groups excluding carboxylic acids is 1. The van der Waals surface area contributed by atoms with Gasteiger partial charge in [-0.05, 0) is 54.4 Å². The van der Waals surface area contributed by atoms with Crippen molar-refractivity contribution in [1.82, 2.24) is 10.2 Å². The van der Waals surface area contributed by atoms with Crippen LogP contribution >= 0.6 is 11.6 Å². The summed E-state index contributed by atoms with van der Waals surface area (Å²) >= 11 is 6.70. The predicted octanol–water partition coefficient (Wildman–Crippen LogP) is 6.11. The van der Waals surface area contributed by atoms with E-state index < -0.39 is 11.5 Å². The largest absolute Gasteiger partial charge is 0.481 e. The summed E-state index contributed by atoms with van der Waals surface area (Å²) in [5.41, 5.74) is 2.46. The number of nitrogens with zero attached hydrogens (tertiary/aromatic N) is 1. The molecule has 1 aromatic carbocycles. The first-order valence-corrected chi connectivity index (χ1v) is 11.9. The first-order valence-electron chi connectivity index (χ1n) is 11.5. The highest BCUT2D eigenvalue weighted by Gasteiger charge is 2.39. The Hall–Kier alpha value is -2.01. The summed E-state index contributed by atoms with van der Waals surface area (Å²) in [5, 5.41) is 12.8. The number of carboxylic acids is 1. The lowest BCUT2D eigenvalue weighted by atomic mass is 9.78. The molecule has 5 nitrogen and oxygen atoms in total. The molecule has 0 unspecified atom stereocenters. The first kappa shape index (κ1) is 23.6. The van der Waals surface area contributed by atoms with E-state index in [0.29, 0.717) is 0 Å². The van der Waals surface area contributed by atoms with Gasteiger partial charge in [0.05, 0.1) is 12.0 Å². The zero-order valence-corrected chi connectivity index (χ0v) is 19.7. The molecule has 31 heavy (non-hydrogen) atoms. The van der Waals surface area contributed by atoms with E-state index in [1.165, 1.54) is 49.0 Å². The van der Waals surface area contributed by atoms with Crippen LogP contribution in [0.2, 0.25) is 5.02 Å². The lowest BCUT2D eigenvalue weighted by molar-refractivity contribution is -0.137. The van der Waals surface area contributed by atoms with Crippen LogP contribution in [0.15, 0.2) is 30.0 Å². The normalized spacial score (nSPS) is 22.4. The number of hydrogen-bond acceptors (Lipinski definition) is 2. The molecule has 0 bridgehead atoms. The molecule has 2 N–H and O–H groups in total. The van der Waals surface area contributed by atoms with Gasteiger partial charge in [-0.3, -0.25) is 4.79 Å². The molecule has 1 aliphatic carbocycles. The molecule has 1 saturated carbocycles. The van der Waals surface area contributed by atoms with E-state index in [2.05, 4.69) is 31.3 Å². The van der Waals surface area contributed by atoms with Gasteiger partial charge in [0.15, 0.2) is 0 Å². The average molecular weight is 447 g/mol. The van der Waals surface area contributed by atoms with E-state index >= 15 is 0 Å². The highest BCUT2D eigenvalue weighted by molar-refractivity contribution is 6.31. The van der Waals surface area contributed by atoms with Crippen LogP contribution in [0.5, 0.6) is 0 Å². The summed E-state index contributed by atoms with van der Waals surface area (Å²) in [6, 6.07) is 5.88. The van der Waals surface area contributed by atoms with E-state index in [9.17, 15) is 9.59 Å². The fourth-order valence-corrected chi connectivity index (χ4v) is 5.23. The summed E-state index contributed by atoms with van der Waals surface area (Å²) in [5.74, 6) is 0.0609. The number of aliphatic carboxylic acids is 1. The SMILES string of the molecule is CC(C)C1=CN(CCC(=O)O)C(=O)N[C@]1(C)c1ccc(CCC2CCCCC2)c(Cl)c1. The molecule has 6 heteroatoms. The van der Waals surface area contributed by atoms with Gasteiger partial charge in [-0.2, -0.15) is 0 Å². The molecule has 1 aromatic rings. The van der Waals surface area contributed by atoms with Gasteiger partial charge in [-0.1, -0.05) is 69.7 Å². The average Bonchev–Trinajstić information content (AvgIpc) is 2.72. The molecule has 0 saturated heterocycles. The maximum Gasteiger partial charge on any atom is 0.322 e. The topological polar surface area (TPSA) is 69.6 Å². The summed E-state index contributed by atoms with van der Waals surface area (Å²) in [6.07, 6.45) is 10.6. The lowest BCUT2D eigenvalue weighted by Crippen LogP contribution is -2.55. The third-order valence-corrected chi connectivity index (χ3v) is 7.21. The van der Waals surface area contributed by atoms with Crippen LogP contribution in [0.4, 0.5) is 4.79 Å². The van der Waals surface area contributed by atoms with Crippen LogP contribution in [-0.4, -0.2) is 28.6 Å². The van der Waals surface area contributed by atoms with Crippen LogP contribution in [0.1, 0.15) is 76.8 Å². The molecule has 170 valence electrons. The molecule has 1 heterocycles. The maximum absolute atomic E-state index is 12.7. The molecule has 0 aromatic heterocycles. The van der Waals surface area contributed by atoms with E-state index in [4.69, 9.17) is 16.7 Å². The molecular formula is C25H35ClN2O3. The molecule has 0 radical (unpaired) electrons.